The number of nitrogens with zero attached hydrogens (tertiary/aromatic N) is 1. The van der Waals surface area contributed by atoms with Crippen LogP contribution in [0.4, 0.5) is 10.2 Å². The van der Waals surface area contributed by atoms with Crippen molar-refractivity contribution in [3.63, 3.8) is 0 Å². The van der Waals surface area contributed by atoms with Gasteiger partial charge in [-0.3, -0.25) is 0 Å². The van der Waals surface area contributed by atoms with E-state index in [1.807, 2.05) is 0 Å². The van der Waals surface area contributed by atoms with Gasteiger partial charge in [-0.2, -0.15) is 0 Å². The molecule has 94 valence electrons. The van der Waals surface area contributed by atoms with Crippen molar-refractivity contribution >= 4 is 21.7 Å². The molecule has 0 amide bonds. The normalized spacial score (nSPS) is 10.2. The number of hydrogen-bond donors (Lipinski definition) is 2. The van der Waals surface area contributed by atoms with Gasteiger partial charge < -0.3 is 10.2 Å². The van der Waals surface area contributed by atoms with Gasteiger partial charge in [-0.25, -0.2) is 15.2 Å². The number of hydrogen-bond acceptors (Lipinski definition) is 4. The highest BCUT2D eigenvalue weighted by molar-refractivity contribution is 9.10. The molecule has 0 saturated carbocycles. The van der Waals surface area contributed by atoms with Gasteiger partial charge in [0.25, 0.3) is 0 Å². The first kappa shape index (κ1) is 12.8. The fourth-order valence-corrected chi connectivity index (χ4v) is 1.62. The smallest absolute Gasteiger partial charge is 0.141 e. The highest BCUT2D eigenvalue weighted by Gasteiger charge is 2.02. The first-order valence-electron chi connectivity index (χ1n) is 5.18. The molecule has 3 N–H and O–H groups in total. The maximum absolute atomic E-state index is 13.3. The third kappa shape index (κ3) is 3.18. The molecule has 0 aliphatic heterocycles. The highest BCUT2D eigenvalue weighted by Crippen LogP contribution is 2.21. The molecule has 18 heavy (non-hydrogen) atoms. The molecule has 0 aliphatic rings. The Kier molecular flexibility index (Phi) is 4.11. The monoisotopic (exact) mass is 311 g/mol. The quantitative estimate of drug-likeness (QED) is 0.673. The van der Waals surface area contributed by atoms with Crippen LogP contribution in [-0.4, -0.2) is 4.98 Å². The zero-order valence-electron chi connectivity index (χ0n) is 9.36. The Morgan fingerprint density at radius 1 is 1.33 bits per heavy atom. The first-order chi connectivity index (χ1) is 8.69. The molecule has 1 heterocycles. The van der Waals surface area contributed by atoms with E-state index in [4.69, 9.17) is 10.6 Å². The lowest BCUT2D eigenvalue weighted by molar-refractivity contribution is 0.304. The summed E-state index contributed by atoms with van der Waals surface area (Å²) in [5.74, 6) is 5.92. The van der Waals surface area contributed by atoms with Crippen molar-refractivity contribution in [2.24, 2.45) is 5.84 Å². The van der Waals surface area contributed by atoms with Gasteiger partial charge in [0, 0.05) is 12.3 Å². The summed E-state index contributed by atoms with van der Waals surface area (Å²) in [7, 11) is 0. The van der Waals surface area contributed by atoms with Crippen molar-refractivity contribution < 1.29 is 9.13 Å². The van der Waals surface area contributed by atoms with Gasteiger partial charge in [0.05, 0.1) is 4.47 Å². The van der Waals surface area contributed by atoms with Gasteiger partial charge in [-0.15, -0.1) is 0 Å². The lowest BCUT2D eigenvalue weighted by Crippen LogP contribution is -2.09. The number of pyridine rings is 1. The molecular formula is C12H11BrFN3O. The second-order valence-corrected chi connectivity index (χ2v) is 4.41. The SMILES string of the molecule is NNc1cc(COc2ccc(Br)c(F)c2)ccn1. The van der Waals surface area contributed by atoms with Crippen LogP contribution in [0.25, 0.3) is 0 Å². The summed E-state index contributed by atoms with van der Waals surface area (Å²) in [5, 5.41) is 0. The van der Waals surface area contributed by atoms with Gasteiger partial charge in [0.15, 0.2) is 0 Å². The van der Waals surface area contributed by atoms with Gasteiger partial charge in [0.2, 0.25) is 0 Å². The van der Waals surface area contributed by atoms with Crippen molar-refractivity contribution in [3.8, 4) is 5.75 Å². The topological polar surface area (TPSA) is 60.2 Å². The standard InChI is InChI=1S/C12H11BrFN3O/c13-10-2-1-9(6-11(10)14)18-7-8-3-4-16-12(5-8)17-15/h1-6H,7,15H2,(H,16,17). The van der Waals surface area contributed by atoms with Crippen LogP contribution in [0.15, 0.2) is 41.0 Å². The van der Waals surface area contributed by atoms with Crippen LogP contribution in [-0.2, 0) is 6.61 Å². The van der Waals surface area contributed by atoms with Crippen molar-refractivity contribution in [2.45, 2.75) is 6.61 Å². The van der Waals surface area contributed by atoms with E-state index >= 15 is 0 Å². The maximum Gasteiger partial charge on any atom is 0.141 e. The number of nitrogen functional groups attached to an aromatic ring is 1. The molecule has 0 unspecified atom stereocenters. The second kappa shape index (κ2) is 5.79. The molecule has 2 aromatic rings. The molecule has 0 spiro atoms. The summed E-state index contributed by atoms with van der Waals surface area (Å²) >= 11 is 3.08. The van der Waals surface area contributed by atoms with Crippen molar-refractivity contribution in [3.05, 3.63) is 52.4 Å². The van der Waals surface area contributed by atoms with E-state index < -0.39 is 0 Å². The minimum Gasteiger partial charge on any atom is -0.489 e. The Hall–Kier alpha value is -1.66. The second-order valence-electron chi connectivity index (χ2n) is 3.56. The average Bonchev–Trinajstić information content (AvgIpc) is 2.40. The predicted molar refractivity (Wildman–Crippen MR) is 70.5 cm³/mol. The zero-order valence-corrected chi connectivity index (χ0v) is 10.9. The minimum absolute atomic E-state index is 0.318. The van der Waals surface area contributed by atoms with Gasteiger partial charge in [-0.1, -0.05) is 0 Å². The molecule has 0 fully saturated rings. The molecule has 6 heteroatoms. The molecule has 4 nitrogen and oxygen atoms in total. The molecule has 0 saturated heterocycles. The van der Waals surface area contributed by atoms with Crippen molar-refractivity contribution in [1.82, 2.24) is 4.98 Å². The van der Waals surface area contributed by atoms with Crippen LogP contribution in [0.2, 0.25) is 0 Å². The van der Waals surface area contributed by atoms with Crippen LogP contribution in [0.1, 0.15) is 5.56 Å². The summed E-state index contributed by atoms with van der Waals surface area (Å²) in [6.45, 7) is 0.318. The Morgan fingerprint density at radius 3 is 2.89 bits per heavy atom. The Labute approximate surface area is 112 Å². The number of benzene rings is 1. The number of anilines is 1. The predicted octanol–water partition coefficient (Wildman–Crippen LogP) is 2.85. The first-order valence-corrected chi connectivity index (χ1v) is 5.98. The Bertz CT molecular complexity index is 551. The number of nitrogens with two attached hydrogens (primary N) is 1. The van der Waals surface area contributed by atoms with Crippen LogP contribution in [0.3, 0.4) is 0 Å². The summed E-state index contributed by atoms with van der Waals surface area (Å²) in [6, 6.07) is 8.18. The molecule has 2 rings (SSSR count). The summed E-state index contributed by atoms with van der Waals surface area (Å²) < 4.78 is 19.1. The molecule has 0 atom stereocenters. The van der Waals surface area contributed by atoms with Gasteiger partial charge in [0.1, 0.15) is 24.0 Å². The molecule has 1 aromatic carbocycles. The third-order valence-corrected chi connectivity index (χ3v) is 2.91. The van der Waals surface area contributed by atoms with Crippen LogP contribution < -0.4 is 16.0 Å². The number of rotatable bonds is 4. The molecule has 0 bridgehead atoms. The number of aromatic nitrogens is 1. The number of nitrogens with one attached hydrogen (secondary N) is 1. The number of hydrazine groups is 1. The zero-order chi connectivity index (χ0) is 13.0. The van der Waals surface area contributed by atoms with E-state index in [0.717, 1.165) is 5.56 Å². The van der Waals surface area contributed by atoms with E-state index in [9.17, 15) is 4.39 Å². The minimum atomic E-state index is -0.355. The average molecular weight is 312 g/mol. The fraction of sp³-hybridized carbons (Fsp3) is 0.0833. The van der Waals surface area contributed by atoms with E-state index in [0.29, 0.717) is 22.6 Å². The van der Waals surface area contributed by atoms with E-state index in [2.05, 4.69) is 26.3 Å². The van der Waals surface area contributed by atoms with Crippen molar-refractivity contribution in [1.29, 1.82) is 0 Å². The molecule has 1 aromatic heterocycles. The van der Waals surface area contributed by atoms with Crippen LogP contribution in [0.5, 0.6) is 5.75 Å². The highest BCUT2D eigenvalue weighted by atomic mass is 79.9. The molecular weight excluding hydrogens is 301 g/mol. The largest absolute Gasteiger partial charge is 0.489 e. The van der Waals surface area contributed by atoms with Crippen molar-refractivity contribution in [2.75, 3.05) is 5.43 Å². The Morgan fingerprint density at radius 2 is 2.17 bits per heavy atom. The van der Waals surface area contributed by atoms with Gasteiger partial charge >= 0.3 is 0 Å². The van der Waals surface area contributed by atoms with Crippen LogP contribution in [0, 0.1) is 5.82 Å². The van der Waals surface area contributed by atoms with E-state index in [1.54, 1.807) is 30.5 Å². The fourth-order valence-electron chi connectivity index (χ4n) is 1.38. The van der Waals surface area contributed by atoms with E-state index in [-0.39, 0.29) is 5.82 Å². The van der Waals surface area contributed by atoms with Gasteiger partial charge in [-0.05, 0) is 45.8 Å². The maximum atomic E-state index is 13.3. The lowest BCUT2D eigenvalue weighted by atomic mass is 10.3. The van der Waals surface area contributed by atoms with E-state index in [1.165, 1.54) is 6.07 Å². The summed E-state index contributed by atoms with van der Waals surface area (Å²) in [4.78, 5) is 3.98. The number of halogens is 2. The Balaban J connectivity index is 2.04. The summed E-state index contributed by atoms with van der Waals surface area (Å²) in [6.07, 6.45) is 1.62. The molecule has 0 aliphatic carbocycles. The van der Waals surface area contributed by atoms with Crippen LogP contribution >= 0.6 is 15.9 Å². The lowest BCUT2D eigenvalue weighted by Gasteiger charge is -2.07. The molecule has 0 radical (unpaired) electrons. The third-order valence-electron chi connectivity index (χ3n) is 2.27. The number of ether oxygens (including phenoxy) is 1. The summed E-state index contributed by atoms with van der Waals surface area (Å²) in [5.41, 5.74) is 3.34.